The van der Waals surface area contributed by atoms with E-state index in [4.69, 9.17) is 4.74 Å². The first-order valence-corrected chi connectivity index (χ1v) is 9.89. The zero-order valence-corrected chi connectivity index (χ0v) is 17.6. The molecule has 8 heteroatoms. The van der Waals surface area contributed by atoms with Crippen molar-refractivity contribution in [1.82, 2.24) is 15.0 Å². The molecule has 0 aliphatic rings. The van der Waals surface area contributed by atoms with Crippen molar-refractivity contribution in [3.63, 3.8) is 0 Å². The number of benzene rings is 2. The maximum Gasteiger partial charge on any atom is 0.227 e. The first-order chi connectivity index (χ1) is 13.6. The first-order valence-electron chi connectivity index (χ1n) is 8.94. The minimum atomic E-state index is -0.171. The number of anilines is 1. The number of imidazole rings is 1. The quantitative estimate of drug-likeness (QED) is 0.456. The number of aromatic amines is 1. The van der Waals surface area contributed by atoms with Crippen LogP contribution in [-0.2, 0) is 11.2 Å². The summed E-state index contributed by atoms with van der Waals surface area (Å²) in [6.07, 6.45) is 0.642. The Labute approximate surface area is 178 Å². The SMILES string of the molecule is COc1cccc(CC(C)C(=O)Nc2ccc3nc(-c4cscn4)[nH]c3c2)c1.Cl. The van der Waals surface area contributed by atoms with Gasteiger partial charge in [0.25, 0.3) is 0 Å². The van der Waals surface area contributed by atoms with E-state index in [9.17, 15) is 4.79 Å². The Hall–Kier alpha value is -2.90. The van der Waals surface area contributed by atoms with Crippen LogP contribution in [0.2, 0.25) is 0 Å². The molecular weight excluding hydrogens is 408 g/mol. The second-order valence-electron chi connectivity index (χ2n) is 6.64. The molecule has 1 amide bonds. The molecule has 0 saturated heterocycles. The summed E-state index contributed by atoms with van der Waals surface area (Å²) in [7, 11) is 1.64. The number of halogens is 1. The molecule has 2 aromatic carbocycles. The van der Waals surface area contributed by atoms with E-state index in [1.54, 1.807) is 12.6 Å². The highest BCUT2D eigenvalue weighted by molar-refractivity contribution is 7.07. The molecule has 0 radical (unpaired) electrons. The van der Waals surface area contributed by atoms with Crippen LogP contribution in [0.3, 0.4) is 0 Å². The molecule has 0 saturated carbocycles. The van der Waals surface area contributed by atoms with Crippen molar-refractivity contribution in [2.45, 2.75) is 13.3 Å². The van der Waals surface area contributed by atoms with Gasteiger partial charge in [-0.25, -0.2) is 9.97 Å². The number of hydrogen-bond donors (Lipinski definition) is 2. The zero-order valence-electron chi connectivity index (χ0n) is 16.0. The molecule has 1 atom stereocenters. The Balaban J connectivity index is 0.00000240. The standard InChI is InChI=1S/C21H20N4O2S.ClH/c1-13(8-14-4-3-5-16(9-14)27-2)21(26)23-15-6-7-17-18(10-15)25-20(24-17)19-11-28-12-22-19;/h3-7,9-13H,8H2,1-2H3,(H,23,26)(H,24,25);1H. The van der Waals surface area contributed by atoms with Crippen molar-refractivity contribution in [3.8, 4) is 17.3 Å². The summed E-state index contributed by atoms with van der Waals surface area (Å²) < 4.78 is 5.25. The van der Waals surface area contributed by atoms with Gasteiger partial charge in [0.2, 0.25) is 5.91 Å². The number of amides is 1. The number of nitrogens with zero attached hydrogens (tertiary/aromatic N) is 2. The number of carbonyl (C=O) groups excluding carboxylic acids is 1. The van der Waals surface area contributed by atoms with Gasteiger partial charge in [0, 0.05) is 17.0 Å². The number of H-pyrrole nitrogens is 1. The van der Waals surface area contributed by atoms with Crippen LogP contribution >= 0.6 is 23.7 Å². The van der Waals surface area contributed by atoms with Crippen molar-refractivity contribution in [2.75, 3.05) is 12.4 Å². The fourth-order valence-corrected chi connectivity index (χ4v) is 3.59. The molecule has 4 rings (SSSR count). The maximum atomic E-state index is 12.6. The van der Waals surface area contributed by atoms with Crippen LogP contribution in [0, 0.1) is 5.92 Å². The zero-order chi connectivity index (χ0) is 19.5. The molecule has 4 aromatic rings. The number of hydrogen-bond acceptors (Lipinski definition) is 5. The molecule has 2 N–H and O–H groups in total. The Bertz CT molecular complexity index is 1110. The van der Waals surface area contributed by atoms with Crippen molar-refractivity contribution in [2.24, 2.45) is 5.92 Å². The summed E-state index contributed by atoms with van der Waals surface area (Å²) in [6.45, 7) is 1.92. The van der Waals surface area contributed by atoms with Crippen LogP contribution in [0.4, 0.5) is 5.69 Å². The van der Waals surface area contributed by atoms with E-state index >= 15 is 0 Å². The number of fused-ring (bicyclic) bond motifs is 1. The number of nitrogens with one attached hydrogen (secondary N) is 2. The lowest BCUT2D eigenvalue weighted by atomic mass is 10.00. The molecule has 6 nitrogen and oxygen atoms in total. The molecule has 0 spiro atoms. The van der Waals surface area contributed by atoms with Crippen LogP contribution in [0.5, 0.6) is 5.75 Å². The summed E-state index contributed by atoms with van der Waals surface area (Å²) in [5.74, 6) is 1.33. The molecule has 2 heterocycles. The molecular formula is C21H21ClN4O2S. The van der Waals surface area contributed by atoms with Gasteiger partial charge >= 0.3 is 0 Å². The Morgan fingerprint density at radius 3 is 2.90 bits per heavy atom. The summed E-state index contributed by atoms with van der Waals surface area (Å²) >= 11 is 1.53. The van der Waals surface area contributed by atoms with Crippen molar-refractivity contribution < 1.29 is 9.53 Å². The van der Waals surface area contributed by atoms with Gasteiger partial charge in [-0.2, -0.15) is 0 Å². The van der Waals surface area contributed by atoms with E-state index in [1.165, 1.54) is 11.3 Å². The van der Waals surface area contributed by atoms with E-state index < -0.39 is 0 Å². The minimum Gasteiger partial charge on any atom is -0.497 e. The van der Waals surface area contributed by atoms with Crippen molar-refractivity contribution in [3.05, 3.63) is 58.9 Å². The van der Waals surface area contributed by atoms with Gasteiger partial charge in [-0.15, -0.1) is 23.7 Å². The van der Waals surface area contributed by atoms with Crippen LogP contribution < -0.4 is 10.1 Å². The third-order valence-electron chi connectivity index (χ3n) is 4.55. The fourth-order valence-electron chi connectivity index (χ4n) is 3.05. The van der Waals surface area contributed by atoms with E-state index in [0.717, 1.165) is 39.6 Å². The number of thiazole rings is 1. The highest BCUT2D eigenvalue weighted by Gasteiger charge is 2.15. The highest BCUT2D eigenvalue weighted by atomic mass is 35.5. The molecule has 0 aliphatic carbocycles. The second kappa shape index (κ2) is 9.07. The van der Waals surface area contributed by atoms with Gasteiger partial charge in [0.1, 0.15) is 11.4 Å². The van der Waals surface area contributed by atoms with Crippen LogP contribution in [0.1, 0.15) is 12.5 Å². The van der Waals surface area contributed by atoms with Gasteiger partial charge in [0.15, 0.2) is 5.82 Å². The smallest absolute Gasteiger partial charge is 0.227 e. The van der Waals surface area contributed by atoms with Crippen molar-refractivity contribution in [1.29, 1.82) is 0 Å². The predicted octanol–water partition coefficient (Wildman–Crippen LogP) is 4.93. The van der Waals surface area contributed by atoms with Gasteiger partial charge in [-0.1, -0.05) is 19.1 Å². The molecule has 29 heavy (non-hydrogen) atoms. The summed E-state index contributed by atoms with van der Waals surface area (Å²) in [6, 6.07) is 13.4. The van der Waals surface area contributed by atoms with Crippen LogP contribution in [-0.4, -0.2) is 28.0 Å². The average molecular weight is 429 g/mol. The maximum absolute atomic E-state index is 12.6. The Morgan fingerprint density at radius 1 is 1.28 bits per heavy atom. The van der Waals surface area contributed by atoms with Gasteiger partial charge in [0.05, 0.1) is 23.7 Å². The minimum absolute atomic E-state index is 0. The topological polar surface area (TPSA) is 79.9 Å². The van der Waals surface area contributed by atoms with Crippen LogP contribution in [0.15, 0.2) is 53.4 Å². The van der Waals surface area contributed by atoms with E-state index in [1.807, 2.05) is 54.8 Å². The summed E-state index contributed by atoms with van der Waals surface area (Å²) in [4.78, 5) is 24.7. The van der Waals surface area contributed by atoms with E-state index in [2.05, 4.69) is 20.3 Å². The number of ether oxygens (including phenoxy) is 1. The van der Waals surface area contributed by atoms with Crippen LogP contribution in [0.25, 0.3) is 22.6 Å². The summed E-state index contributed by atoms with van der Waals surface area (Å²) in [5.41, 5.74) is 6.10. The largest absolute Gasteiger partial charge is 0.497 e. The molecule has 150 valence electrons. The normalized spacial score (nSPS) is 11.7. The number of methoxy groups -OCH3 is 1. The lowest BCUT2D eigenvalue weighted by Gasteiger charge is -2.13. The highest BCUT2D eigenvalue weighted by Crippen LogP contribution is 2.23. The molecule has 0 aliphatic heterocycles. The van der Waals surface area contributed by atoms with Crippen molar-refractivity contribution >= 4 is 46.4 Å². The molecule has 0 fully saturated rings. The lowest BCUT2D eigenvalue weighted by molar-refractivity contribution is -0.119. The van der Waals surface area contributed by atoms with Gasteiger partial charge in [-0.3, -0.25) is 4.79 Å². The Morgan fingerprint density at radius 2 is 2.14 bits per heavy atom. The number of carbonyl (C=O) groups is 1. The number of rotatable bonds is 6. The third kappa shape index (κ3) is 4.75. The van der Waals surface area contributed by atoms with Gasteiger partial charge in [-0.05, 0) is 42.3 Å². The molecule has 1 unspecified atom stereocenters. The lowest BCUT2D eigenvalue weighted by Crippen LogP contribution is -2.22. The molecule has 0 bridgehead atoms. The average Bonchev–Trinajstić information content (AvgIpc) is 3.37. The predicted molar refractivity (Wildman–Crippen MR) is 119 cm³/mol. The van der Waals surface area contributed by atoms with E-state index in [-0.39, 0.29) is 24.2 Å². The fraction of sp³-hybridized carbons (Fsp3) is 0.190. The number of aromatic nitrogens is 3. The second-order valence-corrected chi connectivity index (χ2v) is 7.36. The monoisotopic (exact) mass is 428 g/mol. The van der Waals surface area contributed by atoms with Gasteiger partial charge < -0.3 is 15.0 Å². The Kier molecular flexibility index (Phi) is 6.51. The molecule has 2 aromatic heterocycles. The first kappa shape index (κ1) is 20.8. The third-order valence-corrected chi connectivity index (χ3v) is 5.13. The summed E-state index contributed by atoms with van der Waals surface area (Å²) in [5, 5.41) is 4.94. The van der Waals surface area contributed by atoms with E-state index in [0.29, 0.717) is 6.42 Å².